The summed E-state index contributed by atoms with van der Waals surface area (Å²) in [5, 5.41) is 7.46. The highest BCUT2D eigenvalue weighted by molar-refractivity contribution is 9.10. The Hall–Kier alpha value is -2.51. The summed E-state index contributed by atoms with van der Waals surface area (Å²) in [7, 11) is 0. The molecule has 27 heavy (non-hydrogen) atoms. The van der Waals surface area contributed by atoms with Gasteiger partial charge in [0.25, 0.3) is 5.91 Å². The lowest BCUT2D eigenvalue weighted by molar-refractivity contribution is 0.0759. The monoisotopic (exact) mass is 447 g/mol. The van der Waals surface area contributed by atoms with Gasteiger partial charge in [0.15, 0.2) is 17.6 Å². The van der Waals surface area contributed by atoms with Gasteiger partial charge in [0, 0.05) is 10.7 Å². The average Bonchev–Trinajstić information content (AvgIpc) is 3.10. The number of rotatable bonds is 4. The molecule has 0 bridgehead atoms. The average molecular weight is 449 g/mol. The van der Waals surface area contributed by atoms with Crippen molar-refractivity contribution in [3.8, 4) is 11.5 Å². The Morgan fingerprint density at radius 2 is 2.11 bits per heavy atom. The van der Waals surface area contributed by atoms with E-state index >= 15 is 0 Å². The van der Waals surface area contributed by atoms with E-state index < -0.39 is 0 Å². The van der Waals surface area contributed by atoms with Crippen LogP contribution in [0.2, 0.25) is 5.02 Å². The minimum atomic E-state index is -0.299. The summed E-state index contributed by atoms with van der Waals surface area (Å²) in [5.41, 5.74) is 0.965. The summed E-state index contributed by atoms with van der Waals surface area (Å²) in [6.45, 7) is 0.939. The Labute approximate surface area is 169 Å². The number of nitrogens with zero attached hydrogens (tertiary/aromatic N) is 2. The zero-order valence-corrected chi connectivity index (χ0v) is 16.4. The Morgan fingerprint density at radius 3 is 2.96 bits per heavy atom. The van der Waals surface area contributed by atoms with Crippen molar-refractivity contribution in [3.05, 3.63) is 69.9 Å². The van der Waals surface area contributed by atoms with Crippen LogP contribution in [0.1, 0.15) is 10.4 Å². The van der Waals surface area contributed by atoms with Crippen LogP contribution in [0.3, 0.4) is 0 Å². The van der Waals surface area contributed by atoms with Crippen LogP contribution >= 0.6 is 27.5 Å². The largest absolute Gasteiger partial charge is 0.486 e. The first-order valence-corrected chi connectivity index (χ1v) is 9.43. The van der Waals surface area contributed by atoms with Crippen LogP contribution in [0.4, 0.5) is 5.69 Å². The van der Waals surface area contributed by atoms with E-state index in [1.807, 2.05) is 24.3 Å². The number of nitrogens with one attached hydrogen (secondary N) is 1. The molecule has 1 N–H and O–H groups in total. The molecule has 0 saturated carbocycles. The maximum atomic E-state index is 12.4. The van der Waals surface area contributed by atoms with E-state index in [4.69, 9.17) is 21.1 Å². The second-order valence-corrected chi connectivity index (χ2v) is 7.35. The van der Waals surface area contributed by atoms with Gasteiger partial charge < -0.3 is 14.8 Å². The van der Waals surface area contributed by atoms with Crippen LogP contribution in [-0.4, -0.2) is 28.4 Å². The van der Waals surface area contributed by atoms with Gasteiger partial charge in [0.05, 0.1) is 29.0 Å². The highest BCUT2D eigenvalue weighted by Gasteiger charge is 2.21. The first-order chi connectivity index (χ1) is 13.1. The minimum Gasteiger partial charge on any atom is -0.486 e. The topological polar surface area (TPSA) is 65.4 Å². The molecule has 1 atom stereocenters. The number of para-hydroxylation sites is 2. The molecule has 8 heteroatoms. The van der Waals surface area contributed by atoms with Crippen molar-refractivity contribution in [1.29, 1.82) is 0 Å². The standard InChI is InChI=1S/C19H15BrClN3O3/c20-12-5-6-16(21)15(7-12)19(25)23-13-8-22-24(9-13)10-14-11-26-17-3-1-2-4-18(17)27-14/h1-9,14H,10-11H2,(H,23,25). The molecule has 1 aliphatic rings. The molecule has 2 aromatic carbocycles. The zero-order chi connectivity index (χ0) is 18.8. The number of halogens is 2. The molecule has 4 rings (SSSR count). The number of amides is 1. The van der Waals surface area contributed by atoms with Gasteiger partial charge in [-0.3, -0.25) is 9.48 Å². The van der Waals surface area contributed by atoms with Crippen molar-refractivity contribution in [3.63, 3.8) is 0 Å². The number of hydrogen-bond donors (Lipinski definition) is 1. The summed E-state index contributed by atoms with van der Waals surface area (Å²) < 4.78 is 14.1. The van der Waals surface area contributed by atoms with Gasteiger partial charge in [-0.25, -0.2) is 0 Å². The fraction of sp³-hybridized carbons (Fsp3) is 0.158. The van der Waals surface area contributed by atoms with Gasteiger partial charge in [-0.15, -0.1) is 0 Å². The van der Waals surface area contributed by atoms with E-state index in [-0.39, 0.29) is 12.0 Å². The van der Waals surface area contributed by atoms with Gasteiger partial charge in [0.2, 0.25) is 0 Å². The van der Waals surface area contributed by atoms with E-state index in [2.05, 4.69) is 26.3 Å². The van der Waals surface area contributed by atoms with Crippen molar-refractivity contribution in [2.24, 2.45) is 0 Å². The third-order valence-corrected chi connectivity index (χ3v) is 4.85. The highest BCUT2D eigenvalue weighted by atomic mass is 79.9. The van der Waals surface area contributed by atoms with Gasteiger partial charge in [-0.05, 0) is 30.3 Å². The molecule has 3 aromatic rings. The smallest absolute Gasteiger partial charge is 0.257 e. The number of aromatic nitrogens is 2. The van der Waals surface area contributed by atoms with Crippen LogP contribution in [-0.2, 0) is 6.54 Å². The van der Waals surface area contributed by atoms with Gasteiger partial charge in [0.1, 0.15) is 6.61 Å². The second kappa shape index (κ2) is 7.62. The van der Waals surface area contributed by atoms with Crippen LogP contribution in [0.15, 0.2) is 59.3 Å². The molecule has 1 aromatic heterocycles. The zero-order valence-electron chi connectivity index (χ0n) is 14.1. The number of carbonyl (C=O) groups is 1. The van der Waals surface area contributed by atoms with E-state index in [0.29, 0.717) is 29.4 Å². The summed E-state index contributed by atoms with van der Waals surface area (Å²) in [6, 6.07) is 12.7. The number of anilines is 1. The number of hydrogen-bond acceptors (Lipinski definition) is 4. The third-order valence-electron chi connectivity index (χ3n) is 4.02. The summed E-state index contributed by atoms with van der Waals surface area (Å²) in [4.78, 5) is 12.4. The molecule has 0 aliphatic carbocycles. The first-order valence-electron chi connectivity index (χ1n) is 8.26. The van der Waals surface area contributed by atoms with E-state index in [1.54, 1.807) is 35.3 Å². The number of carbonyl (C=O) groups excluding carboxylic acids is 1. The summed E-state index contributed by atoms with van der Waals surface area (Å²) in [6.07, 6.45) is 3.16. The van der Waals surface area contributed by atoms with Crippen LogP contribution in [0.25, 0.3) is 0 Å². The van der Waals surface area contributed by atoms with Gasteiger partial charge >= 0.3 is 0 Å². The molecule has 0 saturated heterocycles. The lowest BCUT2D eigenvalue weighted by atomic mass is 10.2. The van der Waals surface area contributed by atoms with E-state index in [1.165, 1.54) is 0 Å². The Kier molecular flexibility index (Phi) is 5.05. The molecule has 1 unspecified atom stereocenters. The molecule has 6 nitrogen and oxygen atoms in total. The SMILES string of the molecule is O=C(Nc1cnn(CC2COc3ccccc3O2)c1)c1cc(Br)ccc1Cl. The fourth-order valence-corrected chi connectivity index (χ4v) is 3.32. The van der Waals surface area contributed by atoms with Crippen molar-refractivity contribution in [2.45, 2.75) is 12.6 Å². The van der Waals surface area contributed by atoms with Crippen LogP contribution in [0.5, 0.6) is 11.5 Å². The maximum absolute atomic E-state index is 12.4. The number of fused-ring (bicyclic) bond motifs is 1. The quantitative estimate of drug-likeness (QED) is 0.643. The molecule has 0 radical (unpaired) electrons. The van der Waals surface area contributed by atoms with Crippen LogP contribution in [0, 0.1) is 0 Å². The molecular weight excluding hydrogens is 434 g/mol. The minimum absolute atomic E-state index is 0.164. The predicted octanol–water partition coefficient (Wildman–Crippen LogP) is 4.39. The van der Waals surface area contributed by atoms with Crippen molar-refractivity contribution in [2.75, 3.05) is 11.9 Å². The van der Waals surface area contributed by atoms with Crippen molar-refractivity contribution < 1.29 is 14.3 Å². The van der Waals surface area contributed by atoms with Crippen LogP contribution < -0.4 is 14.8 Å². The normalized spacial score (nSPS) is 15.4. The fourth-order valence-electron chi connectivity index (χ4n) is 2.76. The summed E-state index contributed by atoms with van der Waals surface area (Å²) >= 11 is 9.44. The third kappa shape index (κ3) is 4.09. The first kappa shape index (κ1) is 17.9. The predicted molar refractivity (Wildman–Crippen MR) is 106 cm³/mol. The van der Waals surface area contributed by atoms with Gasteiger partial charge in [-0.1, -0.05) is 39.7 Å². The lowest BCUT2D eigenvalue weighted by Gasteiger charge is -2.26. The summed E-state index contributed by atoms with van der Waals surface area (Å²) in [5.74, 6) is 1.17. The highest BCUT2D eigenvalue weighted by Crippen LogP contribution is 2.31. The Balaban J connectivity index is 1.40. The van der Waals surface area contributed by atoms with E-state index in [0.717, 1.165) is 16.0 Å². The Morgan fingerprint density at radius 1 is 1.30 bits per heavy atom. The number of benzene rings is 2. The molecule has 138 valence electrons. The molecule has 2 heterocycles. The molecule has 1 amide bonds. The van der Waals surface area contributed by atoms with E-state index in [9.17, 15) is 4.79 Å². The van der Waals surface area contributed by atoms with Crippen molar-refractivity contribution in [1.82, 2.24) is 9.78 Å². The maximum Gasteiger partial charge on any atom is 0.257 e. The molecule has 1 aliphatic heterocycles. The Bertz CT molecular complexity index is 992. The van der Waals surface area contributed by atoms with Crippen molar-refractivity contribution >= 4 is 39.1 Å². The van der Waals surface area contributed by atoms with Gasteiger partial charge in [-0.2, -0.15) is 5.10 Å². The second-order valence-electron chi connectivity index (χ2n) is 6.03. The number of ether oxygens (including phenoxy) is 2. The molecule has 0 spiro atoms. The lowest BCUT2D eigenvalue weighted by Crippen LogP contribution is -2.33. The molecular formula is C19H15BrClN3O3. The molecule has 0 fully saturated rings.